The van der Waals surface area contributed by atoms with Crippen molar-refractivity contribution < 1.29 is 4.74 Å². The number of hydrogen-bond acceptors (Lipinski definition) is 2. The summed E-state index contributed by atoms with van der Waals surface area (Å²) in [5.74, 6) is 2.51. The van der Waals surface area contributed by atoms with Crippen molar-refractivity contribution in [2.45, 2.75) is 25.2 Å². The number of hydrogen-bond donors (Lipinski definition) is 1. The maximum atomic E-state index is 5.18. The molecular weight excluding hydrogens is 291 g/mol. The van der Waals surface area contributed by atoms with Crippen molar-refractivity contribution in [1.29, 1.82) is 0 Å². The molecule has 3 nitrogen and oxygen atoms in total. The number of halogens is 1. The number of nitrogens with zero attached hydrogens (tertiary/aromatic N) is 1. The Bertz CT molecular complexity index is 300. The van der Waals surface area contributed by atoms with Gasteiger partial charge in [0.25, 0.3) is 0 Å². The second kappa shape index (κ2) is 4.61. The zero-order valence-corrected chi connectivity index (χ0v) is 10.5. The van der Waals surface area contributed by atoms with Crippen LogP contribution in [0.1, 0.15) is 31.0 Å². The molecule has 4 heteroatoms. The van der Waals surface area contributed by atoms with Gasteiger partial charge in [0.15, 0.2) is 0 Å². The van der Waals surface area contributed by atoms with E-state index >= 15 is 0 Å². The maximum absolute atomic E-state index is 5.18. The fourth-order valence-electron chi connectivity index (χ4n) is 2.23. The van der Waals surface area contributed by atoms with Crippen LogP contribution in [-0.4, -0.2) is 23.7 Å². The number of aromatic nitrogens is 2. The summed E-state index contributed by atoms with van der Waals surface area (Å²) in [5.41, 5.74) is 0. The lowest BCUT2D eigenvalue weighted by molar-refractivity contribution is 0.154. The van der Waals surface area contributed by atoms with E-state index in [2.05, 4.69) is 32.6 Å². The minimum atomic E-state index is 0.624. The molecule has 1 saturated carbocycles. The summed E-state index contributed by atoms with van der Waals surface area (Å²) >= 11 is 2.27. The van der Waals surface area contributed by atoms with Crippen LogP contribution < -0.4 is 0 Å². The first-order valence-electron chi connectivity index (χ1n) is 4.99. The summed E-state index contributed by atoms with van der Waals surface area (Å²) in [6.07, 6.45) is 5.64. The van der Waals surface area contributed by atoms with Gasteiger partial charge >= 0.3 is 0 Å². The van der Waals surface area contributed by atoms with Gasteiger partial charge in [-0.25, -0.2) is 4.98 Å². The topological polar surface area (TPSA) is 37.9 Å². The Morgan fingerprint density at radius 1 is 1.64 bits per heavy atom. The Hall–Kier alpha value is -0.100. The molecule has 1 fully saturated rings. The highest BCUT2D eigenvalue weighted by Gasteiger charge is 2.27. The highest BCUT2D eigenvalue weighted by Crippen LogP contribution is 2.36. The van der Waals surface area contributed by atoms with E-state index in [1.165, 1.54) is 19.3 Å². The first-order valence-corrected chi connectivity index (χ1v) is 6.07. The minimum Gasteiger partial charge on any atom is -0.384 e. The number of nitrogens with one attached hydrogen (secondary N) is 1. The van der Waals surface area contributed by atoms with Crippen LogP contribution >= 0.6 is 22.6 Å². The first kappa shape index (κ1) is 10.4. The largest absolute Gasteiger partial charge is 0.384 e. The predicted octanol–water partition coefficient (Wildman–Crippen LogP) is 2.54. The van der Waals surface area contributed by atoms with Crippen molar-refractivity contribution in [3.8, 4) is 0 Å². The number of methoxy groups -OCH3 is 1. The molecule has 0 radical (unpaired) electrons. The summed E-state index contributed by atoms with van der Waals surface area (Å²) in [6, 6.07) is 0. The van der Waals surface area contributed by atoms with E-state index in [1.807, 2.05) is 6.20 Å². The average molecular weight is 306 g/mol. The maximum Gasteiger partial charge on any atom is 0.109 e. The average Bonchev–Trinajstić information content (AvgIpc) is 2.74. The quantitative estimate of drug-likeness (QED) is 0.872. The van der Waals surface area contributed by atoms with Crippen molar-refractivity contribution >= 4 is 22.6 Å². The van der Waals surface area contributed by atoms with Gasteiger partial charge in [0.2, 0.25) is 0 Å². The van der Waals surface area contributed by atoms with E-state index in [1.54, 1.807) is 7.11 Å². The van der Waals surface area contributed by atoms with Crippen molar-refractivity contribution in [2.24, 2.45) is 5.92 Å². The molecule has 2 rings (SSSR count). The van der Waals surface area contributed by atoms with E-state index in [4.69, 9.17) is 4.74 Å². The molecule has 0 aliphatic heterocycles. The van der Waals surface area contributed by atoms with Crippen molar-refractivity contribution in [2.75, 3.05) is 13.7 Å². The summed E-state index contributed by atoms with van der Waals surface area (Å²) in [5, 5.41) is 0. The lowest BCUT2D eigenvalue weighted by Gasteiger charge is -2.08. The van der Waals surface area contributed by atoms with Crippen molar-refractivity contribution in [3.05, 3.63) is 15.7 Å². The third-order valence-corrected chi connectivity index (χ3v) is 3.44. The van der Waals surface area contributed by atoms with Crippen LogP contribution in [0.2, 0.25) is 0 Å². The van der Waals surface area contributed by atoms with Gasteiger partial charge in [-0.1, -0.05) is 0 Å². The highest BCUT2D eigenvalue weighted by atomic mass is 127. The molecule has 1 aromatic heterocycles. The third-order valence-electron chi connectivity index (χ3n) is 2.89. The van der Waals surface area contributed by atoms with Crippen LogP contribution in [0.25, 0.3) is 0 Å². The van der Waals surface area contributed by atoms with E-state index in [0.29, 0.717) is 5.92 Å². The molecule has 1 unspecified atom stereocenters. The lowest BCUT2D eigenvalue weighted by Crippen LogP contribution is -2.04. The van der Waals surface area contributed by atoms with E-state index < -0.39 is 0 Å². The zero-order valence-electron chi connectivity index (χ0n) is 8.29. The molecule has 1 N–H and O–H groups in total. The second-order valence-corrected chi connectivity index (χ2v) is 5.11. The van der Waals surface area contributed by atoms with Gasteiger partial charge < -0.3 is 9.72 Å². The summed E-state index contributed by atoms with van der Waals surface area (Å²) in [6.45, 7) is 0.897. The lowest BCUT2D eigenvalue weighted by atomic mass is 10.1. The van der Waals surface area contributed by atoms with Gasteiger partial charge in [0.05, 0.1) is 9.90 Å². The molecule has 0 bridgehead atoms. The van der Waals surface area contributed by atoms with E-state index in [9.17, 15) is 0 Å². The van der Waals surface area contributed by atoms with Crippen LogP contribution in [0, 0.1) is 9.62 Å². The van der Waals surface area contributed by atoms with Gasteiger partial charge in [-0.15, -0.1) is 0 Å². The van der Waals surface area contributed by atoms with E-state index in [0.717, 1.165) is 22.0 Å². The molecule has 1 aliphatic carbocycles. The summed E-state index contributed by atoms with van der Waals surface area (Å²) in [7, 11) is 1.78. The van der Waals surface area contributed by atoms with Crippen LogP contribution in [0.5, 0.6) is 0 Å². The minimum absolute atomic E-state index is 0.624. The van der Waals surface area contributed by atoms with Crippen LogP contribution in [-0.2, 0) is 4.74 Å². The normalized spacial score (nSPS) is 27.0. The smallest absolute Gasteiger partial charge is 0.109 e. The van der Waals surface area contributed by atoms with Crippen LogP contribution in [0.15, 0.2) is 6.20 Å². The second-order valence-electron chi connectivity index (χ2n) is 3.95. The Morgan fingerprint density at radius 3 is 3.14 bits per heavy atom. The molecular formula is C10H15IN2O. The third kappa shape index (κ3) is 2.28. The van der Waals surface area contributed by atoms with Gasteiger partial charge in [-0.05, 0) is 47.8 Å². The number of aromatic amines is 1. The highest BCUT2D eigenvalue weighted by molar-refractivity contribution is 14.1. The van der Waals surface area contributed by atoms with Gasteiger partial charge in [0, 0.05) is 19.6 Å². The SMILES string of the molecule is COCC1CC[C@H](c2ncc(I)[nH]2)C1. The molecule has 0 spiro atoms. The Morgan fingerprint density at radius 2 is 2.50 bits per heavy atom. The zero-order chi connectivity index (χ0) is 9.97. The fourth-order valence-corrected chi connectivity index (χ4v) is 2.65. The van der Waals surface area contributed by atoms with Crippen molar-refractivity contribution in [1.82, 2.24) is 9.97 Å². The molecule has 1 aliphatic rings. The van der Waals surface area contributed by atoms with Crippen LogP contribution in [0.3, 0.4) is 0 Å². The standard InChI is InChI=1S/C10H15IN2O/c1-14-6-7-2-3-8(4-7)10-12-5-9(11)13-10/h5,7-8H,2-4,6H2,1H3,(H,12,13)/t7?,8-/m0/s1. The number of rotatable bonds is 3. The number of imidazole rings is 1. The molecule has 2 atom stereocenters. The molecule has 78 valence electrons. The molecule has 0 aromatic carbocycles. The number of H-pyrrole nitrogens is 1. The monoisotopic (exact) mass is 306 g/mol. The molecule has 0 amide bonds. The molecule has 14 heavy (non-hydrogen) atoms. The van der Waals surface area contributed by atoms with Gasteiger partial charge in [0.1, 0.15) is 5.82 Å². The van der Waals surface area contributed by atoms with E-state index in [-0.39, 0.29) is 0 Å². The number of ether oxygens (including phenoxy) is 1. The summed E-state index contributed by atoms with van der Waals surface area (Å²) in [4.78, 5) is 7.70. The van der Waals surface area contributed by atoms with Crippen molar-refractivity contribution in [3.63, 3.8) is 0 Å². The Kier molecular flexibility index (Phi) is 3.43. The molecule has 0 saturated heterocycles. The van der Waals surface area contributed by atoms with Gasteiger partial charge in [-0.2, -0.15) is 0 Å². The summed E-state index contributed by atoms with van der Waals surface area (Å²) < 4.78 is 6.32. The fraction of sp³-hybridized carbons (Fsp3) is 0.700. The van der Waals surface area contributed by atoms with Gasteiger partial charge in [-0.3, -0.25) is 0 Å². The van der Waals surface area contributed by atoms with Crippen LogP contribution in [0.4, 0.5) is 0 Å². The predicted molar refractivity (Wildman–Crippen MR) is 63.3 cm³/mol. The first-order chi connectivity index (χ1) is 6.79. The molecule has 1 aromatic rings. The Labute approximate surface area is 97.8 Å². The Balaban J connectivity index is 1.95. The molecule has 1 heterocycles.